The Bertz CT molecular complexity index is 760. The molecule has 0 heterocycles. The van der Waals surface area contributed by atoms with Crippen LogP contribution < -0.4 is 10.1 Å². The van der Waals surface area contributed by atoms with Gasteiger partial charge in [0.25, 0.3) is 5.91 Å². The Morgan fingerprint density at radius 1 is 1.04 bits per heavy atom. The Morgan fingerprint density at radius 2 is 1.77 bits per heavy atom. The summed E-state index contributed by atoms with van der Waals surface area (Å²) in [6.45, 7) is -0.0694. The highest BCUT2D eigenvalue weighted by molar-refractivity contribution is 5.78. The molecule has 0 bridgehead atoms. The predicted octanol–water partition coefficient (Wildman–Crippen LogP) is 3.03. The van der Waals surface area contributed by atoms with Crippen LogP contribution in [0.15, 0.2) is 54.6 Å². The zero-order chi connectivity index (χ0) is 18.4. The number of carbonyl (C=O) groups excluding carboxylic acids is 1. The third-order valence-electron chi connectivity index (χ3n) is 4.72. The standard InChI is InChI=1S/C21H23NO4/c23-20(22-18-11-10-17(13-18)21(24)25)14-26-19-9-5-4-8-16(19)12-15-6-2-1-3-7-15/h1-9,17-18H,10-14H2,(H,22,23)(H,24,25)/t17-,18+/m0/s1. The number of rotatable bonds is 7. The lowest BCUT2D eigenvalue weighted by Gasteiger charge is -2.14. The summed E-state index contributed by atoms with van der Waals surface area (Å²) in [5, 5.41) is 11.9. The first-order valence-electron chi connectivity index (χ1n) is 8.88. The highest BCUT2D eigenvalue weighted by atomic mass is 16.5. The fourth-order valence-electron chi connectivity index (χ4n) is 3.36. The van der Waals surface area contributed by atoms with Gasteiger partial charge < -0.3 is 15.2 Å². The number of aliphatic carboxylic acids is 1. The number of hydrogen-bond donors (Lipinski definition) is 2. The number of carbonyl (C=O) groups is 2. The molecule has 1 amide bonds. The van der Waals surface area contributed by atoms with E-state index in [9.17, 15) is 9.59 Å². The molecule has 2 atom stereocenters. The summed E-state index contributed by atoms with van der Waals surface area (Å²) in [4.78, 5) is 23.1. The number of benzene rings is 2. The van der Waals surface area contributed by atoms with Crippen LogP contribution in [-0.2, 0) is 16.0 Å². The molecule has 2 aromatic rings. The van der Waals surface area contributed by atoms with Crippen LogP contribution in [0.1, 0.15) is 30.4 Å². The number of nitrogens with one attached hydrogen (secondary N) is 1. The normalized spacial score (nSPS) is 19.1. The van der Waals surface area contributed by atoms with Crippen molar-refractivity contribution in [2.45, 2.75) is 31.7 Å². The second-order valence-corrected chi connectivity index (χ2v) is 6.67. The molecule has 136 valence electrons. The van der Waals surface area contributed by atoms with Gasteiger partial charge in [-0.15, -0.1) is 0 Å². The number of para-hydroxylation sites is 1. The van der Waals surface area contributed by atoms with Gasteiger partial charge in [0.2, 0.25) is 0 Å². The summed E-state index contributed by atoms with van der Waals surface area (Å²) in [6.07, 6.45) is 2.54. The van der Waals surface area contributed by atoms with E-state index < -0.39 is 5.97 Å². The third-order valence-corrected chi connectivity index (χ3v) is 4.72. The van der Waals surface area contributed by atoms with Crippen LogP contribution in [0.4, 0.5) is 0 Å². The van der Waals surface area contributed by atoms with Crippen molar-refractivity contribution in [3.8, 4) is 5.75 Å². The SMILES string of the molecule is O=C(COc1ccccc1Cc1ccccc1)N[C@@H]1CC[C@H](C(=O)O)C1. The highest BCUT2D eigenvalue weighted by Crippen LogP contribution is 2.26. The van der Waals surface area contributed by atoms with E-state index in [0.29, 0.717) is 25.0 Å². The van der Waals surface area contributed by atoms with E-state index in [2.05, 4.69) is 17.4 Å². The summed E-state index contributed by atoms with van der Waals surface area (Å²) in [6, 6.07) is 17.7. The predicted molar refractivity (Wildman–Crippen MR) is 98.1 cm³/mol. The molecule has 2 aromatic carbocycles. The van der Waals surface area contributed by atoms with E-state index in [4.69, 9.17) is 9.84 Å². The topological polar surface area (TPSA) is 75.6 Å². The maximum atomic E-state index is 12.1. The van der Waals surface area contributed by atoms with Gasteiger partial charge in [-0.1, -0.05) is 48.5 Å². The lowest BCUT2D eigenvalue weighted by atomic mass is 10.0. The molecule has 26 heavy (non-hydrogen) atoms. The molecule has 0 saturated heterocycles. The largest absolute Gasteiger partial charge is 0.483 e. The van der Waals surface area contributed by atoms with Gasteiger partial charge in [0.05, 0.1) is 5.92 Å². The first kappa shape index (κ1) is 18.0. The summed E-state index contributed by atoms with van der Waals surface area (Å²) in [5.74, 6) is -0.655. The molecule has 3 rings (SSSR count). The molecule has 1 aliphatic rings. The van der Waals surface area contributed by atoms with Gasteiger partial charge in [-0.25, -0.2) is 0 Å². The Labute approximate surface area is 153 Å². The molecule has 1 saturated carbocycles. The van der Waals surface area contributed by atoms with E-state index in [1.165, 1.54) is 5.56 Å². The van der Waals surface area contributed by atoms with Crippen molar-refractivity contribution in [2.75, 3.05) is 6.61 Å². The van der Waals surface area contributed by atoms with E-state index in [1.54, 1.807) is 0 Å². The number of carboxylic acid groups (broad SMARTS) is 1. The zero-order valence-electron chi connectivity index (χ0n) is 14.6. The molecule has 5 heteroatoms. The molecule has 0 unspecified atom stereocenters. The first-order valence-corrected chi connectivity index (χ1v) is 8.88. The third kappa shape index (κ3) is 4.85. The van der Waals surface area contributed by atoms with Crippen molar-refractivity contribution in [3.05, 3.63) is 65.7 Å². The van der Waals surface area contributed by atoms with Crippen molar-refractivity contribution in [1.82, 2.24) is 5.32 Å². The van der Waals surface area contributed by atoms with Gasteiger partial charge >= 0.3 is 5.97 Å². The maximum Gasteiger partial charge on any atom is 0.306 e. The number of ether oxygens (including phenoxy) is 1. The van der Waals surface area contributed by atoms with E-state index in [1.807, 2.05) is 42.5 Å². The van der Waals surface area contributed by atoms with Crippen molar-refractivity contribution < 1.29 is 19.4 Å². The summed E-state index contributed by atoms with van der Waals surface area (Å²) < 4.78 is 5.73. The monoisotopic (exact) mass is 353 g/mol. The molecule has 0 aliphatic heterocycles. The van der Waals surface area contributed by atoms with Crippen LogP contribution >= 0.6 is 0 Å². The van der Waals surface area contributed by atoms with Gasteiger partial charge in [-0.05, 0) is 36.5 Å². The Hall–Kier alpha value is -2.82. The number of carboxylic acids is 1. The summed E-state index contributed by atoms with van der Waals surface area (Å²) in [5.41, 5.74) is 2.21. The van der Waals surface area contributed by atoms with E-state index in [0.717, 1.165) is 12.0 Å². The average Bonchev–Trinajstić information content (AvgIpc) is 3.11. The van der Waals surface area contributed by atoms with Crippen LogP contribution in [-0.4, -0.2) is 29.6 Å². The first-order chi connectivity index (χ1) is 12.6. The summed E-state index contributed by atoms with van der Waals surface area (Å²) >= 11 is 0. The second kappa shape index (κ2) is 8.52. The van der Waals surface area contributed by atoms with Crippen LogP contribution in [0.3, 0.4) is 0 Å². The van der Waals surface area contributed by atoms with Crippen LogP contribution in [0.2, 0.25) is 0 Å². The van der Waals surface area contributed by atoms with Crippen LogP contribution in [0.25, 0.3) is 0 Å². The number of hydrogen-bond acceptors (Lipinski definition) is 3. The van der Waals surface area contributed by atoms with Crippen LogP contribution in [0.5, 0.6) is 5.75 Å². The molecule has 0 spiro atoms. The average molecular weight is 353 g/mol. The van der Waals surface area contributed by atoms with E-state index in [-0.39, 0.29) is 24.5 Å². The van der Waals surface area contributed by atoms with Crippen LogP contribution in [0, 0.1) is 5.92 Å². The maximum absolute atomic E-state index is 12.1. The van der Waals surface area contributed by atoms with Gasteiger partial charge in [0.15, 0.2) is 6.61 Å². The lowest BCUT2D eigenvalue weighted by Crippen LogP contribution is -2.36. The van der Waals surface area contributed by atoms with E-state index >= 15 is 0 Å². The molecule has 0 aromatic heterocycles. The zero-order valence-corrected chi connectivity index (χ0v) is 14.6. The summed E-state index contributed by atoms with van der Waals surface area (Å²) in [7, 11) is 0. The van der Waals surface area contributed by atoms with Gasteiger partial charge in [0.1, 0.15) is 5.75 Å². The minimum absolute atomic E-state index is 0.0694. The second-order valence-electron chi connectivity index (χ2n) is 6.67. The fourth-order valence-corrected chi connectivity index (χ4v) is 3.36. The molecule has 5 nitrogen and oxygen atoms in total. The van der Waals surface area contributed by atoms with Crippen molar-refractivity contribution in [2.24, 2.45) is 5.92 Å². The molecule has 2 N–H and O–H groups in total. The number of amides is 1. The highest BCUT2D eigenvalue weighted by Gasteiger charge is 2.30. The molecular weight excluding hydrogens is 330 g/mol. The Balaban J connectivity index is 1.53. The Morgan fingerprint density at radius 3 is 2.50 bits per heavy atom. The van der Waals surface area contributed by atoms with Crippen molar-refractivity contribution in [1.29, 1.82) is 0 Å². The molecule has 1 aliphatic carbocycles. The minimum atomic E-state index is -0.784. The van der Waals surface area contributed by atoms with Gasteiger partial charge in [0, 0.05) is 12.5 Å². The van der Waals surface area contributed by atoms with Crippen molar-refractivity contribution >= 4 is 11.9 Å². The van der Waals surface area contributed by atoms with Gasteiger partial charge in [-0.2, -0.15) is 0 Å². The lowest BCUT2D eigenvalue weighted by molar-refractivity contribution is -0.141. The Kier molecular flexibility index (Phi) is 5.89. The minimum Gasteiger partial charge on any atom is -0.483 e. The molecule has 0 radical (unpaired) electrons. The fraction of sp³-hybridized carbons (Fsp3) is 0.333. The van der Waals surface area contributed by atoms with Gasteiger partial charge in [-0.3, -0.25) is 9.59 Å². The van der Waals surface area contributed by atoms with Crippen molar-refractivity contribution in [3.63, 3.8) is 0 Å². The quantitative estimate of drug-likeness (QED) is 0.802. The smallest absolute Gasteiger partial charge is 0.306 e. The molecule has 1 fully saturated rings. The molecular formula is C21H23NO4.